The van der Waals surface area contributed by atoms with Crippen molar-refractivity contribution in [1.82, 2.24) is 10.6 Å². The molecule has 4 N–H and O–H groups in total. The van der Waals surface area contributed by atoms with Crippen molar-refractivity contribution < 1.29 is 38.8 Å². The molecule has 1 atom stereocenters. The number of ether oxygens (including phenoxy) is 3. The zero-order valence-electron chi connectivity index (χ0n) is 19.5. The second kappa shape index (κ2) is 13.1. The first-order valence-corrected chi connectivity index (χ1v) is 12.2. The van der Waals surface area contributed by atoms with Gasteiger partial charge in [-0.25, -0.2) is 9.59 Å². The first-order valence-electron chi connectivity index (χ1n) is 11.4. The molecule has 2 heterocycles. The second-order valence-corrected chi connectivity index (χ2v) is 9.10. The minimum atomic E-state index is -1.17. The summed E-state index contributed by atoms with van der Waals surface area (Å²) in [6.45, 7) is 2.84. The first-order chi connectivity index (χ1) is 16.9. The highest BCUT2D eigenvalue weighted by Gasteiger charge is 2.19. The molecular formula is C24H30N2O8S. The summed E-state index contributed by atoms with van der Waals surface area (Å²) in [6.07, 6.45) is 1.43. The average molecular weight is 507 g/mol. The Morgan fingerprint density at radius 3 is 2.71 bits per heavy atom. The van der Waals surface area contributed by atoms with Gasteiger partial charge in [0, 0.05) is 24.5 Å². The summed E-state index contributed by atoms with van der Waals surface area (Å²) >= 11 is 1.46. The molecule has 0 bridgehead atoms. The standard InChI is InChI=1S/C24H30N2O8S/c1-2-3-8-32-23(30)14-34-19-9-15(4-5-18(19)33-13-22(28)29)17(27)12-26-24(31)21-10-16-11-25-7-6-20(16)35-21/h4-5,9-10,17,25,27H,2-3,6-8,11-14H2,1H3,(H,26,31)(H,28,29). The molecule has 35 heavy (non-hydrogen) atoms. The highest BCUT2D eigenvalue weighted by molar-refractivity contribution is 7.14. The molecule has 0 spiro atoms. The third-order valence-corrected chi connectivity index (χ3v) is 6.47. The number of carbonyl (C=O) groups is 3. The zero-order chi connectivity index (χ0) is 25.2. The fourth-order valence-corrected chi connectivity index (χ4v) is 4.47. The molecule has 190 valence electrons. The van der Waals surface area contributed by atoms with E-state index in [1.165, 1.54) is 34.4 Å². The number of nitrogens with one attached hydrogen (secondary N) is 2. The van der Waals surface area contributed by atoms with Crippen LogP contribution in [0.4, 0.5) is 0 Å². The number of aliphatic hydroxyl groups excluding tert-OH is 1. The number of thiophene rings is 1. The lowest BCUT2D eigenvalue weighted by molar-refractivity contribution is -0.146. The van der Waals surface area contributed by atoms with Gasteiger partial charge in [0.05, 0.1) is 17.6 Å². The van der Waals surface area contributed by atoms with Crippen LogP contribution in [0.2, 0.25) is 0 Å². The van der Waals surface area contributed by atoms with Crippen molar-refractivity contribution in [3.8, 4) is 11.5 Å². The normalized spacial score (nSPS) is 13.4. The Morgan fingerprint density at radius 2 is 1.97 bits per heavy atom. The Morgan fingerprint density at radius 1 is 1.17 bits per heavy atom. The number of aliphatic carboxylic acids is 1. The van der Waals surface area contributed by atoms with Gasteiger partial charge < -0.3 is 35.1 Å². The van der Waals surface area contributed by atoms with E-state index in [1.807, 2.05) is 13.0 Å². The van der Waals surface area contributed by atoms with Gasteiger partial charge in [0.15, 0.2) is 24.7 Å². The summed E-state index contributed by atoms with van der Waals surface area (Å²) in [7, 11) is 0. The number of aliphatic hydroxyl groups is 1. The molecule has 0 aliphatic carbocycles. The molecule has 3 rings (SSSR count). The number of carboxylic acids is 1. The van der Waals surface area contributed by atoms with E-state index in [0.29, 0.717) is 10.4 Å². The molecule has 1 aliphatic rings. The summed E-state index contributed by atoms with van der Waals surface area (Å²) < 4.78 is 15.8. The quantitative estimate of drug-likeness (QED) is 0.237. The van der Waals surface area contributed by atoms with Crippen LogP contribution in [0.15, 0.2) is 24.3 Å². The van der Waals surface area contributed by atoms with Gasteiger partial charge >= 0.3 is 11.9 Å². The lowest BCUT2D eigenvalue weighted by Crippen LogP contribution is -2.27. The van der Waals surface area contributed by atoms with Crippen LogP contribution in [-0.4, -0.2) is 61.0 Å². The van der Waals surface area contributed by atoms with Gasteiger partial charge in [0.1, 0.15) is 0 Å². The summed E-state index contributed by atoms with van der Waals surface area (Å²) in [5.74, 6) is -1.83. The smallest absolute Gasteiger partial charge is 0.344 e. The Bertz CT molecular complexity index is 1020. The maximum atomic E-state index is 12.6. The third-order valence-electron chi connectivity index (χ3n) is 5.23. The lowest BCUT2D eigenvalue weighted by atomic mass is 10.1. The van der Waals surface area contributed by atoms with Crippen LogP contribution < -0.4 is 20.1 Å². The third kappa shape index (κ3) is 7.94. The minimum absolute atomic E-state index is 0.0481. The van der Waals surface area contributed by atoms with Crippen LogP contribution >= 0.6 is 11.3 Å². The average Bonchev–Trinajstić information content (AvgIpc) is 3.29. The molecule has 1 aliphatic heterocycles. The van der Waals surface area contributed by atoms with Crippen molar-refractivity contribution >= 4 is 29.2 Å². The monoisotopic (exact) mass is 506 g/mol. The number of rotatable bonds is 13. The number of fused-ring (bicyclic) bond motifs is 1. The fourth-order valence-electron chi connectivity index (χ4n) is 3.37. The van der Waals surface area contributed by atoms with E-state index in [2.05, 4.69) is 10.6 Å². The molecule has 0 saturated heterocycles. The van der Waals surface area contributed by atoms with E-state index < -0.39 is 31.3 Å². The van der Waals surface area contributed by atoms with Crippen molar-refractivity contribution in [1.29, 1.82) is 0 Å². The highest BCUT2D eigenvalue weighted by atomic mass is 32.1. The van der Waals surface area contributed by atoms with Crippen LogP contribution in [0.25, 0.3) is 0 Å². The van der Waals surface area contributed by atoms with E-state index in [-0.39, 0.29) is 30.6 Å². The van der Waals surface area contributed by atoms with Crippen molar-refractivity contribution in [2.45, 2.75) is 38.8 Å². The topological polar surface area (TPSA) is 143 Å². The molecule has 1 aromatic carbocycles. The predicted octanol–water partition coefficient (Wildman–Crippen LogP) is 2.04. The SMILES string of the molecule is CCCCOC(=O)COc1cc(C(O)CNC(=O)c2cc3c(s2)CCNC3)ccc1OCC(=O)O. The molecular weight excluding hydrogens is 476 g/mol. The van der Waals surface area contributed by atoms with Gasteiger partial charge in [-0.2, -0.15) is 0 Å². The predicted molar refractivity (Wildman–Crippen MR) is 128 cm³/mol. The van der Waals surface area contributed by atoms with Crippen LogP contribution in [0.3, 0.4) is 0 Å². The summed E-state index contributed by atoms with van der Waals surface area (Å²) in [5, 5.41) is 25.5. The molecule has 0 radical (unpaired) electrons. The lowest BCUT2D eigenvalue weighted by Gasteiger charge is -2.16. The Labute approximate surface area is 207 Å². The van der Waals surface area contributed by atoms with E-state index in [1.54, 1.807) is 0 Å². The molecule has 10 nitrogen and oxygen atoms in total. The van der Waals surface area contributed by atoms with E-state index in [0.717, 1.165) is 37.9 Å². The maximum Gasteiger partial charge on any atom is 0.344 e. The molecule has 11 heteroatoms. The number of esters is 1. The van der Waals surface area contributed by atoms with Gasteiger partial charge in [-0.05, 0) is 42.2 Å². The van der Waals surface area contributed by atoms with Crippen LogP contribution in [-0.2, 0) is 27.3 Å². The highest BCUT2D eigenvalue weighted by Crippen LogP contribution is 2.31. The number of amides is 1. The number of unbranched alkanes of at least 4 members (excludes halogenated alkanes) is 1. The van der Waals surface area contributed by atoms with Crippen molar-refractivity contribution in [3.63, 3.8) is 0 Å². The van der Waals surface area contributed by atoms with Crippen molar-refractivity contribution in [2.24, 2.45) is 0 Å². The molecule has 1 amide bonds. The molecule has 2 aromatic rings. The first kappa shape index (κ1) is 26.5. The summed E-state index contributed by atoms with van der Waals surface area (Å²) in [6, 6.07) is 6.30. The largest absolute Gasteiger partial charge is 0.479 e. The summed E-state index contributed by atoms with van der Waals surface area (Å²) in [4.78, 5) is 37.1. The Hall–Kier alpha value is -3.15. The number of benzene rings is 1. The van der Waals surface area contributed by atoms with Gasteiger partial charge in [-0.15, -0.1) is 11.3 Å². The molecule has 1 aromatic heterocycles. The molecule has 1 unspecified atom stereocenters. The summed E-state index contributed by atoms with van der Waals surface area (Å²) in [5.41, 5.74) is 1.52. The van der Waals surface area contributed by atoms with Crippen LogP contribution in [0.1, 0.15) is 51.5 Å². The van der Waals surface area contributed by atoms with Gasteiger partial charge in [0.25, 0.3) is 5.91 Å². The number of carboxylic acid groups (broad SMARTS) is 1. The number of carbonyl (C=O) groups excluding carboxylic acids is 2. The second-order valence-electron chi connectivity index (χ2n) is 7.96. The molecule has 0 fully saturated rings. The van der Waals surface area contributed by atoms with Crippen LogP contribution in [0, 0.1) is 0 Å². The number of hydrogen-bond acceptors (Lipinski definition) is 9. The molecule has 0 saturated carbocycles. The number of hydrogen-bond donors (Lipinski definition) is 4. The maximum absolute atomic E-state index is 12.6. The van der Waals surface area contributed by atoms with E-state index in [9.17, 15) is 19.5 Å². The van der Waals surface area contributed by atoms with Gasteiger partial charge in [-0.3, -0.25) is 4.79 Å². The Balaban J connectivity index is 1.62. The fraction of sp³-hybridized carbons (Fsp3) is 0.458. The van der Waals surface area contributed by atoms with E-state index in [4.69, 9.17) is 19.3 Å². The van der Waals surface area contributed by atoms with Crippen LogP contribution in [0.5, 0.6) is 11.5 Å². The zero-order valence-corrected chi connectivity index (χ0v) is 20.3. The van der Waals surface area contributed by atoms with Gasteiger partial charge in [0.2, 0.25) is 0 Å². The Kier molecular flexibility index (Phi) is 9.88. The van der Waals surface area contributed by atoms with Crippen molar-refractivity contribution in [3.05, 3.63) is 45.1 Å². The van der Waals surface area contributed by atoms with Crippen molar-refractivity contribution in [2.75, 3.05) is 32.9 Å². The van der Waals surface area contributed by atoms with E-state index >= 15 is 0 Å². The van der Waals surface area contributed by atoms with Gasteiger partial charge in [-0.1, -0.05) is 19.4 Å². The minimum Gasteiger partial charge on any atom is -0.479 e.